The lowest BCUT2D eigenvalue weighted by Crippen LogP contribution is -2.38. The molecule has 0 radical (unpaired) electrons. The Kier molecular flexibility index (Phi) is 5.45. The van der Waals surface area contributed by atoms with Crippen molar-refractivity contribution < 1.29 is 4.79 Å². The number of rotatable bonds is 2. The Hall–Kier alpha value is -2.00. The summed E-state index contributed by atoms with van der Waals surface area (Å²) in [6.07, 6.45) is 2.03. The molecular formula is C18H21ClN2O. The Bertz CT molecular complexity index is 622. The first-order valence-electron chi connectivity index (χ1n) is 7.44. The lowest BCUT2D eigenvalue weighted by molar-refractivity contribution is 0.0714. The van der Waals surface area contributed by atoms with Gasteiger partial charge in [0, 0.05) is 18.8 Å². The number of likely N-dealkylation sites (tertiary alicyclic amines) is 1. The number of hydrogen-bond acceptors (Lipinski definition) is 2. The van der Waals surface area contributed by atoms with Gasteiger partial charge in [0.25, 0.3) is 5.91 Å². The van der Waals surface area contributed by atoms with Crippen molar-refractivity contribution in [3.63, 3.8) is 0 Å². The topological polar surface area (TPSA) is 46.3 Å². The van der Waals surface area contributed by atoms with E-state index in [1.54, 1.807) is 12.1 Å². The Balaban J connectivity index is 0.00000176. The molecule has 0 aromatic heterocycles. The third-order valence-corrected chi connectivity index (χ3v) is 4.24. The molecule has 4 heteroatoms. The molecule has 1 amide bonds. The summed E-state index contributed by atoms with van der Waals surface area (Å²) >= 11 is 0. The molecule has 1 aliphatic heterocycles. The van der Waals surface area contributed by atoms with Crippen molar-refractivity contribution in [2.24, 2.45) is 0 Å². The van der Waals surface area contributed by atoms with Gasteiger partial charge in [-0.3, -0.25) is 4.79 Å². The van der Waals surface area contributed by atoms with Gasteiger partial charge >= 0.3 is 0 Å². The average molecular weight is 317 g/mol. The molecular weight excluding hydrogens is 296 g/mol. The number of amides is 1. The van der Waals surface area contributed by atoms with Gasteiger partial charge in [0.15, 0.2) is 0 Å². The standard InChI is InChI=1S/C18H20N2O.ClH/c19-17-9-5-4-8-16(17)18(21)20-12-10-15(11-13-20)14-6-2-1-3-7-14;/h1-9,15H,10-13,19H2;1H. The van der Waals surface area contributed by atoms with Gasteiger partial charge in [-0.05, 0) is 36.5 Å². The van der Waals surface area contributed by atoms with Crippen LogP contribution in [0.15, 0.2) is 54.6 Å². The second kappa shape index (κ2) is 7.32. The zero-order valence-corrected chi connectivity index (χ0v) is 13.3. The highest BCUT2D eigenvalue weighted by molar-refractivity contribution is 5.99. The summed E-state index contributed by atoms with van der Waals surface area (Å²) in [7, 11) is 0. The number of para-hydroxylation sites is 1. The summed E-state index contributed by atoms with van der Waals surface area (Å²) in [5.41, 5.74) is 8.46. The van der Waals surface area contributed by atoms with Crippen LogP contribution in [0.5, 0.6) is 0 Å². The molecule has 2 N–H and O–H groups in total. The van der Waals surface area contributed by atoms with Crippen LogP contribution in [0.2, 0.25) is 0 Å². The summed E-state index contributed by atoms with van der Waals surface area (Å²) < 4.78 is 0. The number of carbonyl (C=O) groups excluding carboxylic acids is 1. The predicted molar refractivity (Wildman–Crippen MR) is 92.4 cm³/mol. The SMILES string of the molecule is Cl.Nc1ccccc1C(=O)N1CCC(c2ccccc2)CC1. The molecule has 2 aromatic carbocycles. The number of nitrogen functional groups attached to an aromatic ring is 1. The van der Waals surface area contributed by atoms with Gasteiger partial charge in [-0.1, -0.05) is 42.5 Å². The third kappa shape index (κ3) is 3.42. The first-order valence-corrected chi connectivity index (χ1v) is 7.44. The van der Waals surface area contributed by atoms with Crippen LogP contribution in [0.4, 0.5) is 5.69 Å². The van der Waals surface area contributed by atoms with Crippen LogP contribution >= 0.6 is 12.4 Å². The van der Waals surface area contributed by atoms with Crippen LogP contribution < -0.4 is 5.73 Å². The summed E-state index contributed by atoms with van der Waals surface area (Å²) in [6.45, 7) is 1.60. The molecule has 1 aliphatic rings. The van der Waals surface area contributed by atoms with Gasteiger partial charge < -0.3 is 10.6 Å². The Morgan fingerprint density at radius 2 is 1.55 bits per heavy atom. The molecule has 0 saturated carbocycles. The van der Waals surface area contributed by atoms with Crippen molar-refractivity contribution in [3.05, 3.63) is 65.7 Å². The first kappa shape index (κ1) is 16.4. The molecule has 116 valence electrons. The number of piperidine rings is 1. The van der Waals surface area contributed by atoms with Crippen LogP contribution in [0.1, 0.15) is 34.7 Å². The van der Waals surface area contributed by atoms with Gasteiger partial charge in [-0.15, -0.1) is 12.4 Å². The lowest BCUT2D eigenvalue weighted by Gasteiger charge is -2.32. The van der Waals surface area contributed by atoms with Gasteiger partial charge in [-0.25, -0.2) is 0 Å². The van der Waals surface area contributed by atoms with Crippen molar-refractivity contribution in [3.8, 4) is 0 Å². The van der Waals surface area contributed by atoms with E-state index in [4.69, 9.17) is 5.73 Å². The van der Waals surface area contributed by atoms with E-state index in [2.05, 4.69) is 24.3 Å². The molecule has 3 rings (SSSR count). The fourth-order valence-corrected chi connectivity index (χ4v) is 3.00. The Labute approximate surface area is 137 Å². The Morgan fingerprint density at radius 1 is 0.955 bits per heavy atom. The van der Waals surface area contributed by atoms with Crippen molar-refractivity contribution in [1.29, 1.82) is 0 Å². The number of nitrogens with two attached hydrogens (primary N) is 1. The summed E-state index contributed by atoms with van der Waals surface area (Å²) in [5, 5.41) is 0. The monoisotopic (exact) mass is 316 g/mol. The molecule has 0 bridgehead atoms. The molecule has 0 atom stereocenters. The molecule has 1 fully saturated rings. The minimum absolute atomic E-state index is 0. The molecule has 0 spiro atoms. The van der Waals surface area contributed by atoms with Gasteiger partial charge in [0.05, 0.1) is 5.56 Å². The fourth-order valence-electron chi connectivity index (χ4n) is 3.00. The number of anilines is 1. The number of carbonyl (C=O) groups is 1. The smallest absolute Gasteiger partial charge is 0.255 e. The maximum absolute atomic E-state index is 12.5. The highest BCUT2D eigenvalue weighted by Gasteiger charge is 2.25. The second-order valence-corrected chi connectivity index (χ2v) is 5.56. The predicted octanol–water partition coefficient (Wildman–Crippen LogP) is 3.71. The van der Waals surface area contributed by atoms with Crippen LogP contribution in [-0.2, 0) is 0 Å². The Morgan fingerprint density at radius 3 is 2.18 bits per heavy atom. The van der Waals surface area contributed by atoms with Crippen LogP contribution in [0.3, 0.4) is 0 Å². The molecule has 1 saturated heterocycles. The van der Waals surface area contributed by atoms with Gasteiger partial charge in [0.2, 0.25) is 0 Å². The minimum Gasteiger partial charge on any atom is -0.398 e. The van der Waals surface area contributed by atoms with E-state index in [0.29, 0.717) is 17.2 Å². The number of nitrogens with zero attached hydrogens (tertiary/aromatic N) is 1. The molecule has 0 aliphatic carbocycles. The quantitative estimate of drug-likeness (QED) is 0.858. The zero-order chi connectivity index (χ0) is 14.7. The first-order chi connectivity index (χ1) is 10.3. The van der Waals surface area contributed by atoms with E-state index in [9.17, 15) is 4.79 Å². The summed E-state index contributed by atoms with van der Waals surface area (Å²) in [4.78, 5) is 14.4. The summed E-state index contributed by atoms with van der Waals surface area (Å²) in [5.74, 6) is 0.614. The average Bonchev–Trinajstić information content (AvgIpc) is 2.56. The maximum Gasteiger partial charge on any atom is 0.255 e. The number of halogens is 1. The van der Waals surface area contributed by atoms with E-state index >= 15 is 0 Å². The van der Waals surface area contributed by atoms with E-state index < -0.39 is 0 Å². The van der Waals surface area contributed by atoms with Gasteiger partial charge in [0.1, 0.15) is 0 Å². The molecule has 2 aromatic rings. The maximum atomic E-state index is 12.5. The normalized spacial score (nSPS) is 15.2. The van der Waals surface area contributed by atoms with Crippen LogP contribution in [0, 0.1) is 0 Å². The minimum atomic E-state index is 0. The van der Waals surface area contributed by atoms with E-state index in [1.165, 1.54) is 5.56 Å². The molecule has 1 heterocycles. The molecule has 22 heavy (non-hydrogen) atoms. The molecule has 0 unspecified atom stereocenters. The van der Waals surface area contributed by atoms with Crippen molar-refractivity contribution >= 4 is 24.0 Å². The highest BCUT2D eigenvalue weighted by atomic mass is 35.5. The highest BCUT2D eigenvalue weighted by Crippen LogP contribution is 2.28. The fraction of sp³-hybridized carbons (Fsp3) is 0.278. The largest absolute Gasteiger partial charge is 0.398 e. The van der Waals surface area contributed by atoms with Crippen molar-refractivity contribution in [2.45, 2.75) is 18.8 Å². The second-order valence-electron chi connectivity index (χ2n) is 5.56. The van der Waals surface area contributed by atoms with E-state index in [0.717, 1.165) is 25.9 Å². The molecule has 3 nitrogen and oxygen atoms in total. The third-order valence-electron chi connectivity index (χ3n) is 4.24. The summed E-state index contributed by atoms with van der Waals surface area (Å²) in [6, 6.07) is 17.9. The van der Waals surface area contributed by atoms with Crippen LogP contribution in [-0.4, -0.2) is 23.9 Å². The van der Waals surface area contributed by atoms with Crippen molar-refractivity contribution in [2.75, 3.05) is 18.8 Å². The van der Waals surface area contributed by atoms with E-state index in [-0.39, 0.29) is 18.3 Å². The van der Waals surface area contributed by atoms with Gasteiger partial charge in [-0.2, -0.15) is 0 Å². The van der Waals surface area contributed by atoms with E-state index in [1.807, 2.05) is 23.1 Å². The number of hydrogen-bond donors (Lipinski definition) is 1. The zero-order valence-electron chi connectivity index (χ0n) is 12.4. The lowest BCUT2D eigenvalue weighted by atomic mass is 9.89. The van der Waals surface area contributed by atoms with Crippen LogP contribution in [0.25, 0.3) is 0 Å². The number of benzene rings is 2. The van der Waals surface area contributed by atoms with Crippen molar-refractivity contribution in [1.82, 2.24) is 4.90 Å².